The van der Waals surface area contributed by atoms with Crippen molar-refractivity contribution in [3.05, 3.63) is 164 Å². The second kappa shape index (κ2) is 10.1. The number of hydrogen-bond donors (Lipinski definition) is 0. The minimum atomic E-state index is 0.00719. The average Bonchev–Trinajstić information content (AvgIpc) is 3.15. The van der Waals surface area contributed by atoms with Crippen LogP contribution < -0.4 is 35.8 Å². The first-order valence-electron chi connectivity index (χ1n) is 15.9. The van der Waals surface area contributed by atoms with Gasteiger partial charge in [0.1, 0.15) is 0 Å². The SMILES string of the molecule is c1ccc(N2c3ccccc3B3c4ccccc4N(c4ccccc4)c4c5c(cc2c43)N(c2ccncc2)c2ccccc2O5)cc1. The van der Waals surface area contributed by atoms with Gasteiger partial charge in [0.05, 0.1) is 17.1 Å². The molecule has 47 heavy (non-hydrogen) atoms. The standard InChI is InChI=1S/C41H27BN4O/c1-3-13-28(14-4-1)44-33-19-9-7-17-31(33)42-32-18-8-10-20-34(32)46(29-15-5-2-6-16-29)40-39(42)36(44)27-37-41(40)47-38-22-12-11-21-35(38)45(37)30-23-25-43-26-24-30/h1-27H. The van der Waals surface area contributed by atoms with Gasteiger partial charge in [-0.15, -0.1) is 0 Å². The summed E-state index contributed by atoms with van der Waals surface area (Å²) in [6, 6.07) is 53.8. The summed E-state index contributed by atoms with van der Waals surface area (Å²) in [5.41, 5.74) is 13.4. The van der Waals surface area contributed by atoms with Crippen molar-refractivity contribution in [1.29, 1.82) is 0 Å². The summed E-state index contributed by atoms with van der Waals surface area (Å²) < 4.78 is 7.08. The van der Waals surface area contributed by atoms with Crippen molar-refractivity contribution >= 4 is 74.3 Å². The molecule has 6 aromatic carbocycles. The zero-order valence-electron chi connectivity index (χ0n) is 25.4. The smallest absolute Gasteiger partial charge is 0.252 e. The van der Waals surface area contributed by atoms with Gasteiger partial charge < -0.3 is 19.4 Å². The molecule has 0 aliphatic carbocycles. The number of benzene rings is 6. The van der Waals surface area contributed by atoms with E-state index >= 15 is 0 Å². The third-order valence-corrected chi connectivity index (χ3v) is 9.49. The van der Waals surface area contributed by atoms with E-state index in [4.69, 9.17) is 4.74 Å². The van der Waals surface area contributed by atoms with Crippen molar-refractivity contribution in [2.24, 2.45) is 0 Å². The molecule has 0 saturated heterocycles. The lowest BCUT2D eigenvalue weighted by molar-refractivity contribution is 0.478. The number of para-hydroxylation sites is 6. The van der Waals surface area contributed by atoms with E-state index in [1.54, 1.807) is 0 Å². The molecular weight excluding hydrogens is 575 g/mol. The summed E-state index contributed by atoms with van der Waals surface area (Å²) in [5, 5.41) is 0. The van der Waals surface area contributed by atoms with Crippen LogP contribution in [0.4, 0.5) is 51.2 Å². The van der Waals surface area contributed by atoms with Crippen molar-refractivity contribution < 1.29 is 4.74 Å². The molecule has 0 fully saturated rings. The first-order valence-corrected chi connectivity index (χ1v) is 15.9. The Bertz CT molecular complexity index is 2300. The van der Waals surface area contributed by atoms with Crippen molar-refractivity contribution in [1.82, 2.24) is 4.98 Å². The molecule has 6 heteroatoms. The lowest BCUT2D eigenvalue weighted by Gasteiger charge is -2.46. The Kier molecular flexibility index (Phi) is 5.60. The van der Waals surface area contributed by atoms with Crippen molar-refractivity contribution in [3.63, 3.8) is 0 Å². The molecule has 5 nitrogen and oxygen atoms in total. The molecule has 3 aliphatic heterocycles. The fraction of sp³-hybridized carbons (Fsp3) is 0. The number of aromatic nitrogens is 1. The molecule has 7 aromatic rings. The Morgan fingerprint density at radius 2 is 0.957 bits per heavy atom. The predicted octanol–water partition coefficient (Wildman–Crippen LogP) is 8.74. The quantitative estimate of drug-likeness (QED) is 0.189. The van der Waals surface area contributed by atoms with Crippen LogP contribution in [0.5, 0.6) is 11.5 Å². The van der Waals surface area contributed by atoms with Crippen LogP contribution >= 0.6 is 0 Å². The Balaban J connectivity index is 1.38. The van der Waals surface area contributed by atoms with Gasteiger partial charge in [-0.1, -0.05) is 84.9 Å². The molecule has 0 unspecified atom stereocenters. The highest BCUT2D eigenvalue weighted by Crippen LogP contribution is 2.58. The van der Waals surface area contributed by atoms with Gasteiger partial charge in [-0.3, -0.25) is 4.98 Å². The highest BCUT2D eigenvalue weighted by Gasteiger charge is 2.46. The largest absolute Gasteiger partial charge is 0.451 e. The number of rotatable bonds is 3. The lowest BCUT2D eigenvalue weighted by Crippen LogP contribution is -2.61. The van der Waals surface area contributed by atoms with Crippen molar-refractivity contribution in [2.75, 3.05) is 14.7 Å². The summed E-state index contributed by atoms with van der Waals surface area (Å²) in [7, 11) is 0. The van der Waals surface area contributed by atoms with E-state index in [9.17, 15) is 0 Å². The van der Waals surface area contributed by atoms with E-state index < -0.39 is 0 Å². The maximum absolute atomic E-state index is 7.08. The molecule has 0 radical (unpaired) electrons. The van der Waals surface area contributed by atoms with Gasteiger partial charge in [0, 0.05) is 46.5 Å². The van der Waals surface area contributed by atoms with E-state index in [0.29, 0.717) is 0 Å². The molecule has 220 valence electrons. The van der Waals surface area contributed by atoms with Gasteiger partial charge in [-0.05, 0) is 83.1 Å². The fourth-order valence-corrected chi connectivity index (χ4v) is 7.64. The van der Waals surface area contributed by atoms with Crippen LogP contribution in [0.2, 0.25) is 0 Å². The van der Waals surface area contributed by atoms with E-state index in [1.165, 1.54) is 22.1 Å². The molecule has 4 heterocycles. The third kappa shape index (κ3) is 3.76. The predicted molar refractivity (Wildman–Crippen MR) is 193 cm³/mol. The Morgan fingerprint density at radius 1 is 0.447 bits per heavy atom. The molecule has 3 aliphatic rings. The minimum Gasteiger partial charge on any atom is -0.451 e. The maximum Gasteiger partial charge on any atom is 0.252 e. The molecule has 0 spiro atoms. The number of pyridine rings is 1. The normalized spacial score (nSPS) is 13.5. The highest BCUT2D eigenvalue weighted by atomic mass is 16.5. The molecule has 0 N–H and O–H groups in total. The average molecular weight is 603 g/mol. The van der Waals surface area contributed by atoms with E-state index in [1.807, 2.05) is 18.5 Å². The van der Waals surface area contributed by atoms with Gasteiger partial charge in [-0.2, -0.15) is 0 Å². The van der Waals surface area contributed by atoms with E-state index in [0.717, 1.165) is 57.0 Å². The lowest BCUT2D eigenvalue weighted by atomic mass is 9.33. The number of anilines is 9. The van der Waals surface area contributed by atoms with E-state index in [-0.39, 0.29) is 6.71 Å². The van der Waals surface area contributed by atoms with Crippen LogP contribution in [0.15, 0.2) is 164 Å². The van der Waals surface area contributed by atoms with Crippen LogP contribution in [-0.2, 0) is 0 Å². The summed E-state index contributed by atoms with van der Waals surface area (Å²) in [6.45, 7) is 0.00719. The monoisotopic (exact) mass is 602 g/mol. The Hall–Kier alpha value is -6.27. The van der Waals surface area contributed by atoms with Gasteiger partial charge >= 0.3 is 0 Å². The van der Waals surface area contributed by atoms with Crippen LogP contribution in [0.3, 0.4) is 0 Å². The van der Waals surface area contributed by atoms with Crippen LogP contribution in [0.25, 0.3) is 0 Å². The van der Waals surface area contributed by atoms with Crippen molar-refractivity contribution in [3.8, 4) is 11.5 Å². The van der Waals surface area contributed by atoms with Crippen LogP contribution in [0.1, 0.15) is 0 Å². The molecule has 1 aromatic heterocycles. The first kappa shape index (κ1) is 26.0. The van der Waals surface area contributed by atoms with Gasteiger partial charge in [0.15, 0.2) is 11.5 Å². The van der Waals surface area contributed by atoms with Crippen LogP contribution in [0, 0.1) is 0 Å². The Morgan fingerprint density at radius 3 is 1.64 bits per heavy atom. The Labute approximate surface area is 273 Å². The van der Waals surface area contributed by atoms with Crippen LogP contribution in [-0.4, -0.2) is 11.7 Å². The zero-order chi connectivity index (χ0) is 30.9. The van der Waals surface area contributed by atoms with E-state index in [2.05, 4.69) is 165 Å². The molecule has 0 amide bonds. The number of ether oxygens (including phenoxy) is 1. The number of fused-ring (bicyclic) bond motifs is 7. The van der Waals surface area contributed by atoms with Crippen molar-refractivity contribution in [2.45, 2.75) is 0 Å². The fourth-order valence-electron chi connectivity index (χ4n) is 7.64. The molecule has 0 atom stereocenters. The summed E-state index contributed by atoms with van der Waals surface area (Å²) in [5.74, 6) is 1.64. The summed E-state index contributed by atoms with van der Waals surface area (Å²) in [4.78, 5) is 11.5. The summed E-state index contributed by atoms with van der Waals surface area (Å²) in [6.07, 6.45) is 3.70. The number of hydrogen-bond acceptors (Lipinski definition) is 5. The molecule has 10 rings (SSSR count). The maximum atomic E-state index is 7.08. The molecule has 0 saturated carbocycles. The number of nitrogens with zero attached hydrogens (tertiary/aromatic N) is 4. The second-order valence-corrected chi connectivity index (χ2v) is 12.0. The summed E-state index contributed by atoms with van der Waals surface area (Å²) >= 11 is 0. The minimum absolute atomic E-state index is 0.00719. The van der Waals surface area contributed by atoms with Gasteiger partial charge in [0.25, 0.3) is 6.71 Å². The molecular formula is C41H27BN4O. The van der Waals surface area contributed by atoms with Gasteiger partial charge in [-0.25, -0.2) is 0 Å². The zero-order valence-corrected chi connectivity index (χ0v) is 25.4. The first-order chi connectivity index (χ1) is 23.4. The highest BCUT2D eigenvalue weighted by molar-refractivity contribution is 7.00. The topological polar surface area (TPSA) is 31.8 Å². The molecule has 0 bridgehead atoms. The second-order valence-electron chi connectivity index (χ2n) is 12.0. The van der Waals surface area contributed by atoms with Gasteiger partial charge in [0.2, 0.25) is 0 Å². The third-order valence-electron chi connectivity index (χ3n) is 9.49.